The lowest BCUT2D eigenvalue weighted by molar-refractivity contribution is -0.141. The number of ether oxygens (including phenoxy) is 1. The SMILES string of the molecule is COc1ccc(CN(C(=O)Cc2ccccc2)[C@H](C(=O)NCc2ccc(Cl)cc2Cl)c2ccccc2)cc1. The molecule has 0 saturated carbocycles. The van der Waals surface area contributed by atoms with E-state index in [2.05, 4.69) is 5.32 Å². The van der Waals surface area contributed by atoms with Crippen molar-refractivity contribution in [1.29, 1.82) is 0 Å². The molecule has 4 aromatic rings. The smallest absolute Gasteiger partial charge is 0.247 e. The fraction of sp³-hybridized carbons (Fsp3) is 0.161. The van der Waals surface area contributed by atoms with Crippen LogP contribution in [0.1, 0.15) is 28.3 Å². The minimum atomic E-state index is -0.861. The highest BCUT2D eigenvalue weighted by Gasteiger charge is 2.31. The van der Waals surface area contributed by atoms with Gasteiger partial charge in [-0.25, -0.2) is 0 Å². The molecule has 0 saturated heterocycles. The van der Waals surface area contributed by atoms with Crippen molar-refractivity contribution in [3.05, 3.63) is 135 Å². The molecule has 0 radical (unpaired) electrons. The third kappa shape index (κ3) is 7.15. The Kier molecular flexibility index (Phi) is 9.41. The molecular formula is C31H28Cl2N2O3. The van der Waals surface area contributed by atoms with Gasteiger partial charge >= 0.3 is 0 Å². The van der Waals surface area contributed by atoms with Gasteiger partial charge in [-0.1, -0.05) is 102 Å². The summed E-state index contributed by atoms with van der Waals surface area (Å²) in [5, 5.41) is 3.96. The first-order chi connectivity index (χ1) is 18.4. The molecule has 38 heavy (non-hydrogen) atoms. The van der Waals surface area contributed by atoms with Crippen LogP contribution in [0.15, 0.2) is 103 Å². The second kappa shape index (κ2) is 13.1. The molecule has 0 unspecified atom stereocenters. The number of amides is 2. The summed E-state index contributed by atoms with van der Waals surface area (Å²) >= 11 is 12.4. The molecule has 1 atom stereocenters. The van der Waals surface area contributed by atoms with E-state index in [1.54, 1.807) is 30.2 Å². The Morgan fingerprint density at radius 2 is 1.50 bits per heavy atom. The van der Waals surface area contributed by atoms with Crippen LogP contribution >= 0.6 is 23.2 Å². The predicted octanol–water partition coefficient (Wildman–Crippen LogP) is 6.63. The molecule has 0 heterocycles. The van der Waals surface area contributed by atoms with E-state index >= 15 is 0 Å². The Hall–Kier alpha value is -3.80. The van der Waals surface area contributed by atoms with Gasteiger partial charge in [-0.2, -0.15) is 0 Å². The lowest BCUT2D eigenvalue weighted by Crippen LogP contribution is -2.43. The van der Waals surface area contributed by atoms with Gasteiger partial charge in [-0.05, 0) is 46.5 Å². The maximum absolute atomic E-state index is 13.8. The fourth-order valence-electron chi connectivity index (χ4n) is 4.18. The average molecular weight is 547 g/mol. The van der Waals surface area contributed by atoms with Gasteiger partial charge in [0.2, 0.25) is 11.8 Å². The molecule has 1 N–H and O–H groups in total. The van der Waals surface area contributed by atoms with E-state index in [9.17, 15) is 9.59 Å². The van der Waals surface area contributed by atoms with Gasteiger partial charge in [0.05, 0.1) is 13.5 Å². The van der Waals surface area contributed by atoms with Gasteiger partial charge in [0, 0.05) is 23.1 Å². The second-order valence-electron chi connectivity index (χ2n) is 8.80. The Labute approximate surface area is 233 Å². The van der Waals surface area contributed by atoms with Gasteiger partial charge in [0.1, 0.15) is 11.8 Å². The highest BCUT2D eigenvalue weighted by Crippen LogP contribution is 2.27. The number of nitrogens with zero attached hydrogens (tertiary/aromatic N) is 1. The maximum atomic E-state index is 13.8. The van der Waals surface area contributed by atoms with Crippen molar-refractivity contribution in [2.45, 2.75) is 25.6 Å². The zero-order valence-electron chi connectivity index (χ0n) is 20.9. The molecular weight excluding hydrogens is 519 g/mol. The zero-order chi connectivity index (χ0) is 26.9. The minimum Gasteiger partial charge on any atom is -0.497 e. The molecule has 194 valence electrons. The first-order valence-corrected chi connectivity index (χ1v) is 12.9. The van der Waals surface area contributed by atoms with Crippen molar-refractivity contribution in [1.82, 2.24) is 10.2 Å². The fourth-order valence-corrected chi connectivity index (χ4v) is 4.65. The van der Waals surface area contributed by atoms with Crippen molar-refractivity contribution in [3.63, 3.8) is 0 Å². The summed E-state index contributed by atoms with van der Waals surface area (Å²) in [6.45, 7) is 0.436. The van der Waals surface area contributed by atoms with E-state index in [1.165, 1.54) is 0 Å². The molecule has 4 rings (SSSR count). The summed E-state index contributed by atoms with van der Waals surface area (Å²) in [7, 11) is 1.60. The summed E-state index contributed by atoms with van der Waals surface area (Å²) in [5.74, 6) is 0.241. The van der Waals surface area contributed by atoms with Crippen LogP contribution in [0.5, 0.6) is 5.75 Å². The van der Waals surface area contributed by atoms with E-state index in [4.69, 9.17) is 27.9 Å². The van der Waals surface area contributed by atoms with E-state index in [0.29, 0.717) is 21.4 Å². The van der Waals surface area contributed by atoms with Crippen molar-refractivity contribution >= 4 is 35.0 Å². The van der Waals surface area contributed by atoms with Crippen molar-refractivity contribution < 1.29 is 14.3 Å². The highest BCUT2D eigenvalue weighted by atomic mass is 35.5. The largest absolute Gasteiger partial charge is 0.497 e. The van der Waals surface area contributed by atoms with Gasteiger partial charge in [-0.15, -0.1) is 0 Å². The second-order valence-corrected chi connectivity index (χ2v) is 9.64. The first-order valence-electron chi connectivity index (χ1n) is 12.2. The number of rotatable bonds is 10. The van der Waals surface area contributed by atoms with Crippen LogP contribution in [-0.4, -0.2) is 23.8 Å². The molecule has 7 heteroatoms. The molecule has 0 bridgehead atoms. The molecule has 0 aliphatic carbocycles. The number of hydrogen-bond donors (Lipinski definition) is 1. The number of benzene rings is 4. The molecule has 5 nitrogen and oxygen atoms in total. The number of halogens is 2. The number of carbonyl (C=O) groups is 2. The first kappa shape index (κ1) is 27.2. The predicted molar refractivity (Wildman–Crippen MR) is 151 cm³/mol. The third-order valence-electron chi connectivity index (χ3n) is 6.17. The van der Waals surface area contributed by atoms with E-state index in [0.717, 1.165) is 16.7 Å². The molecule has 0 aliphatic heterocycles. The Balaban J connectivity index is 1.67. The van der Waals surface area contributed by atoms with E-state index < -0.39 is 6.04 Å². The molecule has 0 aliphatic rings. The van der Waals surface area contributed by atoms with Gasteiger partial charge in [0.25, 0.3) is 0 Å². The lowest BCUT2D eigenvalue weighted by Gasteiger charge is -2.32. The number of hydrogen-bond acceptors (Lipinski definition) is 3. The van der Waals surface area contributed by atoms with Crippen molar-refractivity contribution in [2.24, 2.45) is 0 Å². The van der Waals surface area contributed by atoms with Crippen molar-refractivity contribution in [3.8, 4) is 5.75 Å². The van der Waals surface area contributed by atoms with Crippen LogP contribution in [0, 0.1) is 0 Å². The molecule has 0 fully saturated rings. The monoisotopic (exact) mass is 546 g/mol. The molecule has 2 amide bonds. The number of methoxy groups -OCH3 is 1. The summed E-state index contributed by atoms with van der Waals surface area (Å²) in [6, 6.07) is 30.6. The van der Waals surface area contributed by atoms with Crippen LogP contribution in [-0.2, 0) is 29.1 Å². The zero-order valence-corrected chi connectivity index (χ0v) is 22.5. The topological polar surface area (TPSA) is 58.6 Å². The van der Waals surface area contributed by atoms with Crippen LogP contribution in [0.3, 0.4) is 0 Å². The van der Waals surface area contributed by atoms with E-state index in [-0.39, 0.29) is 31.3 Å². The molecule has 4 aromatic carbocycles. The van der Waals surface area contributed by atoms with Crippen LogP contribution in [0.25, 0.3) is 0 Å². The summed E-state index contributed by atoms with van der Waals surface area (Å²) in [5.41, 5.74) is 3.19. The Morgan fingerprint density at radius 1 is 0.842 bits per heavy atom. The normalized spacial score (nSPS) is 11.4. The Bertz CT molecular complexity index is 1360. The highest BCUT2D eigenvalue weighted by molar-refractivity contribution is 6.35. The maximum Gasteiger partial charge on any atom is 0.247 e. The van der Waals surface area contributed by atoms with Crippen LogP contribution < -0.4 is 10.1 Å². The molecule has 0 aromatic heterocycles. The van der Waals surface area contributed by atoms with Crippen molar-refractivity contribution in [2.75, 3.05) is 7.11 Å². The average Bonchev–Trinajstić information content (AvgIpc) is 2.93. The van der Waals surface area contributed by atoms with Gasteiger partial charge in [-0.3, -0.25) is 9.59 Å². The Morgan fingerprint density at radius 3 is 2.13 bits per heavy atom. The van der Waals surface area contributed by atoms with Gasteiger partial charge < -0.3 is 15.0 Å². The summed E-state index contributed by atoms with van der Waals surface area (Å²) in [6.07, 6.45) is 0.163. The number of nitrogens with one attached hydrogen (secondary N) is 1. The minimum absolute atomic E-state index is 0.163. The number of carbonyl (C=O) groups excluding carboxylic acids is 2. The third-order valence-corrected chi connectivity index (χ3v) is 6.76. The molecule has 0 spiro atoms. The van der Waals surface area contributed by atoms with Gasteiger partial charge in [0.15, 0.2) is 0 Å². The lowest BCUT2D eigenvalue weighted by atomic mass is 10.0. The standard InChI is InChI=1S/C31H28Cl2N2O3/c1-38-27-16-12-23(13-17-27)21-35(29(36)18-22-8-4-2-5-9-22)30(24-10-6-3-7-11-24)31(37)34-20-25-14-15-26(32)19-28(25)33/h2-17,19,30H,18,20-21H2,1H3,(H,34,37)/t30-/m0/s1. The summed E-state index contributed by atoms with van der Waals surface area (Å²) in [4.78, 5) is 29.2. The quantitative estimate of drug-likeness (QED) is 0.243. The van der Waals surface area contributed by atoms with Crippen LogP contribution in [0.4, 0.5) is 0 Å². The summed E-state index contributed by atoms with van der Waals surface area (Å²) < 4.78 is 5.28. The van der Waals surface area contributed by atoms with E-state index in [1.807, 2.05) is 84.9 Å². The van der Waals surface area contributed by atoms with Crippen LogP contribution in [0.2, 0.25) is 10.0 Å².